The minimum Gasteiger partial charge on any atom is -0.496 e. The van der Waals surface area contributed by atoms with Crippen LogP contribution >= 0.6 is 11.8 Å². The zero-order chi connectivity index (χ0) is 18.0. The van der Waals surface area contributed by atoms with Gasteiger partial charge in [-0.15, -0.1) is 11.8 Å². The monoisotopic (exact) mass is 361 g/mol. The second kappa shape index (κ2) is 7.39. The normalized spacial score (nSPS) is 18.2. The summed E-state index contributed by atoms with van der Waals surface area (Å²) >= 11 is 1.44. The maximum atomic E-state index is 12.8. The molecule has 0 saturated heterocycles. The van der Waals surface area contributed by atoms with Gasteiger partial charge in [-0.1, -0.05) is 31.5 Å². The van der Waals surface area contributed by atoms with E-state index in [2.05, 4.69) is 17.3 Å². The summed E-state index contributed by atoms with van der Waals surface area (Å²) in [7, 11) is 1.61. The number of hydrogen-bond donors (Lipinski definition) is 2. The van der Waals surface area contributed by atoms with Crippen molar-refractivity contribution in [1.82, 2.24) is 9.78 Å². The number of nitrogens with one attached hydrogen (secondary N) is 2. The van der Waals surface area contributed by atoms with Crippen molar-refractivity contribution in [2.24, 2.45) is 0 Å². The Labute approximate surface area is 150 Å². The number of fused-ring (bicyclic) bond motifs is 1. The fourth-order valence-electron chi connectivity index (χ4n) is 3.25. The predicted molar refractivity (Wildman–Crippen MR) is 101 cm³/mol. The first kappa shape index (κ1) is 17.7. The Hall–Kier alpha value is -2.15. The quantitative estimate of drug-likeness (QED) is 0.856. The molecule has 2 atom stereocenters. The molecule has 0 radical (unpaired) electrons. The lowest BCUT2D eigenvalue weighted by Gasteiger charge is -2.18. The van der Waals surface area contributed by atoms with Gasteiger partial charge < -0.3 is 10.1 Å². The number of carbonyl (C=O) groups excluding carboxylic acids is 1. The second-order valence-electron chi connectivity index (χ2n) is 6.19. The molecule has 1 amide bonds. The van der Waals surface area contributed by atoms with Gasteiger partial charge in [0.2, 0.25) is 5.91 Å². The van der Waals surface area contributed by atoms with Crippen molar-refractivity contribution in [3.05, 3.63) is 45.7 Å². The molecule has 0 fully saturated rings. The van der Waals surface area contributed by atoms with E-state index in [9.17, 15) is 9.59 Å². The highest BCUT2D eigenvalue weighted by Gasteiger charge is 2.32. The van der Waals surface area contributed by atoms with Crippen LogP contribution < -0.4 is 15.6 Å². The maximum absolute atomic E-state index is 12.8. The van der Waals surface area contributed by atoms with Crippen LogP contribution in [0.2, 0.25) is 0 Å². The van der Waals surface area contributed by atoms with Crippen molar-refractivity contribution in [2.45, 2.75) is 38.0 Å². The molecule has 7 heteroatoms. The Morgan fingerprint density at radius 1 is 1.36 bits per heavy atom. The summed E-state index contributed by atoms with van der Waals surface area (Å²) in [4.78, 5) is 25.0. The first-order valence-corrected chi connectivity index (χ1v) is 9.50. The molecular formula is C18H23N3O3S. The molecule has 134 valence electrons. The molecule has 0 aliphatic carbocycles. The number of methoxy groups -OCH3 is 1. The van der Waals surface area contributed by atoms with Gasteiger partial charge in [0.05, 0.1) is 23.7 Å². The number of aromatic nitrogens is 2. The molecule has 25 heavy (non-hydrogen) atoms. The highest BCUT2D eigenvalue weighted by Crippen LogP contribution is 2.43. The molecule has 1 aromatic carbocycles. The molecule has 1 aliphatic rings. The standard InChI is InChI=1S/C18H23N3O3S/c1-4-7-11(2)21-17-15(18(23)20-21)16(25-10-14(22)19-17)12-8-5-6-9-13(12)24-3/h5-6,8-9,11,16H,4,7,10H2,1-3H3,(H,19,22)(H,20,23). The van der Waals surface area contributed by atoms with E-state index in [-0.39, 0.29) is 22.8 Å². The van der Waals surface area contributed by atoms with Gasteiger partial charge >= 0.3 is 0 Å². The Morgan fingerprint density at radius 3 is 2.84 bits per heavy atom. The number of amides is 1. The van der Waals surface area contributed by atoms with Crippen molar-refractivity contribution in [3.8, 4) is 5.75 Å². The van der Waals surface area contributed by atoms with Crippen LogP contribution in [0, 0.1) is 0 Å². The third kappa shape index (κ3) is 3.33. The van der Waals surface area contributed by atoms with E-state index in [1.165, 1.54) is 11.8 Å². The average Bonchev–Trinajstić information content (AvgIpc) is 2.82. The summed E-state index contributed by atoms with van der Waals surface area (Å²) in [6.07, 6.45) is 1.91. The van der Waals surface area contributed by atoms with E-state index >= 15 is 0 Å². The van der Waals surface area contributed by atoms with Gasteiger partial charge in [-0.05, 0) is 19.4 Å². The van der Waals surface area contributed by atoms with Crippen LogP contribution in [0.15, 0.2) is 29.1 Å². The minimum absolute atomic E-state index is 0.0971. The predicted octanol–water partition coefficient (Wildman–Crippen LogP) is 3.32. The van der Waals surface area contributed by atoms with Gasteiger partial charge in [-0.2, -0.15) is 0 Å². The zero-order valence-electron chi connectivity index (χ0n) is 14.7. The van der Waals surface area contributed by atoms with Crippen LogP contribution in [0.4, 0.5) is 5.82 Å². The van der Waals surface area contributed by atoms with Gasteiger partial charge in [-0.3, -0.25) is 19.4 Å². The molecule has 0 saturated carbocycles. The van der Waals surface area contributed by atoms with E-state index in [0.29, 0.717) is 22.9 Å². The summed E-state index contributed by atoms with van der Waals surface area (Å²) in [6, 6.07) is 7.74. The number of para-hydroxylation sites is 1. The maximum Gasteiger partial charge on any atom is 0.270 e. The molecule has 1 aliphatic heterocycles. The topological polar surface area (TPSA) is 76.1 Å². The Bertz CT molecular complexity index is 827. The van der Waals surface area contributed by atoms with E-state index in [1.807, 2.05) is 31.2 Å². The number of anilines is 1. The summed E-state index contributed by atoms with van der Waals surface area (Å²) < 4.78 is 7.28. The number of ether oxygens (including phenoxy) is 1. The fourth-order valence-corrected chi connectivity index (χ4v) is 4.40. The van der Waals surface area contributed by atoms with E-state index in [4.69, 9.17) is 4.74 Å². The molecule has 2 heterocycles. The van der Waals surface area contributed by atoms with Crippen molar-refractivity contribution in [3.63, 3.8) is 0 Å². The number of benzene rings is 1. The Morgan fingerprint density at radius 2 is 2.12 bits per heavy atom. The van der Waals surface area contributed by atoms with E-state index in [0.717, 1.165) is 18.4 Å². The molecule has 0 bridgehead atoms. The molecule has 2 aromatic rings. The number of aromatic amines is 1. The highest BCUT2D eigenvalue weighted by atomic mass is 32.2. The minimum atomic E-state index is -0.260. The lowest BCUT2D eigenvalue weighted by molar-refractivity contribution is -0.113. The summed E-state index contributed by atoms with van der Waals surface area (Å²) in [5.74, 6) is 1.49. The van der Waals surface area contributed by atoms with Gasteiger partial charge in [0.25, 0.3) is 5.56 Å². The second-order valence-corrected chi connectivity index (χ2v) is 7.29. The van der Waals surface area contributed by atoms with Crippen molar-refractivity contribution >= 4 is 23.5 Å². The van der Waals surface area contributed by atoms with Crippen LogP contribution in [0.1, 0.15) is 49.1 Å². The van der Waals surface area contributed by atoms with E-state index in [1.54, 1.807) is 11.8 Å². The first-order valence-electron chi connectivity index (χ1n) is 8.45. The molecule has 2 N–H and O–H groups in total. The van der Waals surface area contributed by atoms with Gasteiger partial charge in [0.15, 0.2) is 0 Å². The molecule has 6 nitrogen and oxygen atoms in total. The van der Waals surface area contributed by atoms with Crippen LogP contribution in [0.5, 0.6) is 5.75 Å². The number of nitrogens with zero attached hydrogens (tertiary/aromatic N) is 1. The number of thioether (sulfide) groups is 1. The van der Waals surface area contributed by atoms with Crippen molar-refractivity contribution in [1.29, 1.82) is 0 Å². The van der Waals surface area contributed by atoms with Gasteiger partial charge in [0, 0.05) is 11.6 Å². The summed E-state index contributed by atoms with van der Waals surface area (Å²) in [5, 5.41) is 5.58. The number of hydrogen-bond acceptors (Lipinski definition) is 4. The largest absolute Gasteiger partial charge is 0.496 e. The molecule has 1 aromatic heterocycles. The zero-order valence-corrected chi connectivity index (χ0v) is 15.5. The van der Waals surface area contributed by atoms with Crippen molar-refractivity contribution < 1.29 is 9.53 Å². The summed E-state index contributed by atoms with van der Waals surface area (Å²) in [6.45, 7) is 4.14. The van der Waals surface area contributed by atoms with E-state index < -0.39 is 0 Å². The average molecular weight is 361 g/mol. The SMILES string of the molecule is CCCC(C)n1[nH]c(=O)c2c1NC(=O)CSC2c1ccccc1OC. The smallest absolute Gasteiger partial charge is 0.270 e. The van der Waals surface area contributed by atoms with Crippen LogP contribution in [0.3, 0.4) is 0 Å². The molecular weight excluding hydrogens is 338 g/mol. The molecule has 2 unspecified atom stereocenters. The number of rotatable bonds is 5. The van der Waals surface area contributed by atoms with Crippen LogP contribution in [0.25, 0.3) is 0 Å². The fraction of sp³-hybridized carbons (Fsp3) is 0.444. The Balaban J connectivity index is 2.16. The third-order valence-electron chi connectivity index (χ3n) is 4.43. The van der Waals surface area contributed by atoms with Crippen LogP contribution in [-0.4, -0.2) is 28.6 Å². The number of carbonyl (C=O) groups is 1. The van der Waals surface area contributed by atoms with Gasteiger partial charge in [0.1, 0.15) is 11.6 Å². The third-order valence-corrected chi connectivity index (χ3v) is 5.68. The first-order chi connectivity index (χ1) is 12.1. The molecule has 0 spiro atoms. The number of H-pyrrole nitrogens is 1. The Kier molecular flexibility index (Phi) is 5.22. The van der Waals surface area contributed by atoms with Crippen LogP contribution in [-0.2, 0) is 4.79 Å². The van der Waals surface area contributed by atoms with Crippen molar-refractivity contribution in [2.75, 3.05) is 18.2 Å². The highest BCUT2D eigenvalue weighted by molar-refractivity contribution is 8.00. The molecule has 3 rings (SSSR count). The lowest BCUT2D eigenvalue weighted by atomic mass is 10.0. The lowest BCUT2D eigenvalue weighted by Crippen LogP contribution is -2.18. The van der Waals surface area contributed by atoms with Gasteiger partial charge in [-0.25, -0.2) is 0 Å². The summed E-state index contributed by atoms with van der Waals surface area (Å²) in [5.41, 5.74) is 1.33.